The molecule has 0 saturated carbocycles. The molecule has 2 amide bonds. The van der Waals surface area contributed by atoms with E-state index < -0.39 is 11.8 Å². The van der Waals surface area contributed by atoms with Gasteiger partial charge in [-0.25, -0.2) is 5.10 Å². The predicted molar refractivity (Wildman–Crippen MR) is 109 cm³/mol. The zero-order valence-electron chi connectivity index (χ0n) is 15.8. The van der Waals surface area contributed by atoms with Crippen LogP contribution >= 0.6 is 0 Å². The molecule has 0 radical (unpaired) electrons. The summed E-state index contributed by atoms with van der Waals surface area (Å²) in [7, 11) is 0. The molecule has 0 atom stereocenters. The van der Waals surface area contributed by atoms with Crippen molar-refractivity contribution in [3.63, 3.8) is 0 Å². The summed E-state index contributed by atoms with van der Waals surface area (Å²) in [4.78, 5) is 40.4. The average molecular weight is 391 g/mol. The molecule has 0 spiro atoms. The Labute approximate surface area is 167 Å². The van der Waals surface area contributed by atoms with E-state index in [2.05, 4.69) is 20.4 Å². The van der Waals surface area contributed by atoms with E-state index in [9.17, 15) is 14.4 Å². The van der Waals surface area contributed by atoms with Crippen molar-refractivity contribution in [3.05, 3.63) is 70.6 Å². The Balaban J connectivity index is 1.36. The van der Waals surface area contributed by atoms with Crippen LogP contribution in [0.3, 0.4) is 0 Å². The molecule has 0 aliphatic carbocycles. The zero-order chi connectivity index (χ0) is 20.2. The van der Waals surface area contributed by atoms with E-state index in [0.717, 1.165) is 5.69 Å². The van der Waals surface area contributed by atoms with Crippen molar-refractivity contribution in [1.82, 2.24) is 20.4 Å². The fourth-order valence-electron chi connectivity index (χ4n) is 3.50. The Morgan fingerprint density at radius 3 is 2.31 bits per heavy atom. The Morgan fingerprint density at radius 2 is 1.59 bits per heavy atom. The SMILES string of the molecule is O=C(NCc1n[nH]c(=O)c2ccccc12)C(=O)N1CCN(c2ccccc2)CC1. The number of fused-ring (bicyclic) bond motifs is 1. The van der Waals surface area contributed by atoms with Crippen molar-refractivity contribution in [2.45, 2.75) is 6.54 Å². The van der Waals surface area contributed by atoms with Gasteiger partial charge in [0.2, 0.25) is 0 Å². The standard InChI is InChI=1S/C21H21N5O3/c27-19-17-9-5-4-8-16(17)18(23-24-19)14-22-20(28)21(29)26-12-10-25(11-13-26)15-6-2-1-3-7-15/h1-9H,10-14H2,(H,22,28)(H,24,27). The first kappa shape index (κ1) is 18.7. The van der Waals surface area contributed by atoms with Crippen LogP contribution in [0, 0.1) is 0 Å². The largest absolute Gasteiger partial charge is 0.368 e. The predicted octanol–water partition coefficient (Wildman–Crippen LogP) is 0.888. The molecule has 1 saturated heterocycles. The molecule has 0 unspecified atom stereocenters. The van der Waals surface area contributed by atoms with Crippen LogP contribution in [-0.2, 0) is 16.1 Å². The number of benzene rings is 2. The number of para-hydroxylation sites is 1. The van der Waals surface area contributed by atoms with Crippen molar-refractivity contribution in [2.75, 3.05) is 31.1 Å². The minimum Gasteiger partial charge on any atom is -0.368 e. The van der Waals surface area contributed by atoms with Gasteiger partial charge in [-0.05, 0) is 18.2 Å². The van der Waals surface area contributed by atoms with E-state index in [4.69, 9.17) is 0 Å². The average Bonchev–Trinajstić information content (AvgIpc) is 2.79. The maximum atomic E-state index is 12.5. The molecule has 2 aromatic carbocycles. The number of piperazine rings is 1. The first-order valence-corrected chi connectivity index (χ1v) is 9.47. The first-order valence-electron chi connectivity index (χ1n) is 9.47. The van der Waals surface area contributed by atoms with Gasteiger partial charge in [0.1, 0.15) is 0 Å². The molecule has 0 bridgehead atoms. The summed E-state index contributed by atoms with van der Waals surface area (Å²) in [5, 5.41) is 10.2. The summed E-state index contributed by atoms with van der Waals surface area (Å²) in [6.07, 6.45) is 0. The Kier molecular flexibility index (Phi) is 5.24. The van der Waals surface area contributed by atoms with Crippen LogP contribution in [-0.4, -0.2) is 53.1 Å². The number of amides is 2. The Morgan fingerprint density at radius 1 is 0.931 bits per heavy atom. The number of aromatic nitrogens is 2. The number of rotatable bonds is 3. The van der Waals surface area contributed by atoms with Crippen molar-refractivity contribution >= 4 is 28.3 Å². The Bertz CT molecular complexity index is 1090. The van der Waals surface area contributed by atoms with Gasteiger partial charge in [-0.2, -0.15) is 5.10 Å². The molecule has 1 aliphatic rings. The van der Waals surface area contributed by atoms with Gasteiger partial charge >= 0.3 is 11.8 Å². The number of carbonyl (C=O) groups is 2. The maximum Gasteiger partial charge on any atom is 0.312 e. The quantitative estimate of drug-likeness (QED) is 0.646. The highest BCUT2D eigenvalue weighted by atomic mass is 16.2. The van der Waals surface area contributed by atoms with Gasteiger partial charge in [-0.15, -0.1) is 0 Å². The molecule has 3 aromatic rings. The van der Waals surface area contributed by atoms with Crippen molar-refractivity contribution in [2.24, 2.45) is 0 Å². The smallest absolute Gasteiger partial charge is 0.312 e. The van der Waals surface area contributed by atoms with Crippen LogP contribution in [0.2, 0.25) is 0 Å². The summed E-state index contributed by atoms with van der Waals surface area (Å²) in [5.74, 6) is -1.22. The summed E-state index contributed by atoms with van der Waals surface area (Å²) in [5.41, 5.74) is 1.33. The number of anilines is 1. The van der Waals surface area contributed by atoms with Gasteiger partial charge in [0.25, 0.3) is 5.56 Å². The van der Waals surface area contributed by atoms with Crippen LogP contribution in [0.4, 0.5) is 5.69 Å². The number of H-pyrrole nitrogens is 1. The normalized spacial score (nSPS) is 14.1. The second kappa shape index (κ2) is 8.14. The van der Waals surface area contributed by atoms with Crippen LogP contribution in [0.25, 0.3) is 10.8 Å². The molecule has 1 aromatic heterocycles. The van der Waals surface area contributed by atoms with Gasteiger partial charge in [0.05, 0.1) is 17.6 Å². The van der Waals surface area contributed by atoms with Crippen molar-refractivity contribution in [1.29, 1.82) is 0 Å². The second-order valence-electron chi connectivity index (χ2n) is 6.84. The lowest BCUT2D eigenvalue weighted by Crippen LogP contribution is -2.52. The maximum absolute atomic E-state index is 12.5. The third-order valence-corrected chi connectivity index (χ3v) is 5.07. The van der Waals surface area contributed by atoms with E-state index in [0.29, 0.717) is 42.6 Å². The molecule has 1 aliphatic heterocycles. The van der Waals surface area contributed by atoms with Gasteiger partial charge in [0, 0.05) is 37.3 Å². The number of hydrogen-bond donors (Lipinski definition) is 2. The second-order valence-corrected chi connectivity index (χ2v) is 6.84. The molecule has 8 nitrogen and oxygen atoms in total. The van der Waals surface area contributed by atoms with E-state index >= 15 is 0 Å². The van der Waals surface area contributed by atoms with Crippen molar-refractivity contribution in [3.8, 4) is 0 Å². The third kappa shape index (κ3) is 3.96. The summed E-state index contributed by atoms with van der Waals surface area (Å²) in [6.45, 7) is 2.39. The number of hydrogen-bond acceptors (Lipinski definition) is 5. The van der Waals surface area contributed by atoms with Crippen LogP contribution in [0.5, 0.6) is 0 Å². The summed E-state index contributed by atoms with van der Waals surface area (Å²) >= 11 is 0. The monoisotopic (exact) mass is 391 g/mol. The molecule has 2 N–H and O–H groups in total. The molecular formula is C21H21N5O3. The van der Waals surface area contributed by atoms with Crippen LogP contribution < -0.4 is 15.8 Å². The summed E-state index contributed by atoms with van der Waals surface area (Å²) < 4.78 is 0. The van der Waals surface area contributed by atoms with Crippen LogP contribution in [0.15, 0.2) is 59.4 Å². The van der Waals surface area contributed by atoms with Gasteiger partial charge in [0.15, 0.2) is 0 Å². The van der Waals surface area contributed by atoms with E-state index in [1.165, 1.54) is 0 Å². The number of nitrogens with zero attached hydrogens (tertiary/aromatic N) is 3. The topological polar surface area (TPSA) is 98.4 Å². The molecule has 4 rings (SSSR count). The summed E-state index contributed by atoms with van der Waals surface area (Å²) in [6, 6.07) is 17.0. The minimum absolute atomic E-state index is 0.0614. The van der Waals surface area contributed by atoms with Gasteiger partial charge in [-0.1, -0.05) is 36.4 Å². The number of nitrogens with one attached hydrogen (secondary N) is 2. The highest BCUT2D eigenvalue weighted by Crippen LogP contribution is 2.16. The lowest BCUT2D eigenvalue weighted by atomic mass is 10.1. The van der Waals surface area contributed by atoms with E-state index in [1.54, 1.807) is 29.2 Å². The molecule has 8 heteroatoms. The number of carbonyl (C=O) groups excluding carboxylic acids is 2. The molecule has 2 heterocycles. The van der Waals surface area contributed by atoms with Gasteiger partial charge < -0.3 is 15.1 Å². The number of aromatic amines is 1. The molecule has 29 heavy (non-hydrogen) atoms. The lowest BCUT2D eigenvalue weighted by molar-refractivity contribution is -0.146. The highest BCUT2D eigenvalue weighted by molar-refractivity contribution is 6.35. The lowest BCUT2D eigenvalue weighted by Gasteiger charge is -2.35. The van der Waals surface area contributed by atoms with Crippen molar-refractivity contribution < 1.29 is 9.59 Å². The van der Waals surface area contributed by atoms with Gasteiger partial charge in [-0.3, -0.25) is 14.4 Å². The fourth-order valence-corrected chi connectivity index (χ4v) is 3.50. The molecular weight excluding hydrogens is 370 g/mol. The fraction of sp³-hybridized carbons (Fsp3) is 0.238. The highest BCUT2D eigenvalue weighted by Gasteiger charge is 2.26. The van der Waals surface area contributed by atoms with Crippen LogP contribution in [0.1, 0.15) is 5.69 Å². The third-order valence-electron chi connectivity index (χ3n) is 5.07. The van der Waals surface area contributed by atoms with E-state index in [-0.39, 0.29) is 12.1 Å². The zero-order valence-corrected chi connectivity index (χ0v) is 15.8. The first-order chi connectivity index (χ1) is 14.1. The Hall–Kier alpha value is -3.68. The van der Waals surface area contributed by atoms with E-state index in [1.807, 2.05) is 30.3 Å². The molecule has 1 fully saturated rings. The molecule has 148 valence electrons. The minimum atomic E-state index is -0.671.